The lowest BCUT2D eigenvalue weighted by Gasteiger charge is -2.30. The molecule has 20 heavy (non-hydrogen) atoms. The van der Waals surface area contributed by atoms with E-state index < -0.39 is 0 Å². The third-order valence-corrected chi connectivity index (χ3v) is 6.05. The SMILES string of the molecule is CC1(C)CCN(C2CCc3ccccc3NC2)CCS1. The van der Waals surface area contributed by atoms with Crippen molar-refractivity contribution in [3.05, 3.63) is 29.8 Å². The maximum absolute atomic E-state index is 3.67. The minimum atomic E-state index is 0.454. The van der Waals surface area contributed by atoms with Gasteiger partial charge in [-0.25, -0.2) is 0 Å². The Kier molecular flexibility index (Phi) is 4.27. The van der Waals surface area contributed by atoms with Gasteiger partial charge in [0.25, 0.3) is 0 Å². The second-order valence-electron chi connectivity index (χ2n) is 6.62. The average molecular weight is 290 g/mol. The summed E-state index contributed by atoms with van der Waals surface area (Å²) >= 11 is 2.14. The summed E-state index contributed by atoms with van der Waals surface area (Å²) in [4.78, 5) is 2.72. The number of anilines is 1. The fourth-order valence-electron chi connectivity index (χ4n) is 3.28. The molecule has 1 saturated heterocycles. The molecule has 0 bridgehead atoms. The van der Waals surface area contributed by atoms with Gasteiger partial charge in [0.1, 0.15) is 0 Å². The molecule has 3 heteroatoms. The summed E-state index contributed by atoms with van der Waals surface area (Å²) in [6.07, 6.45) is 3.80. The third-order valence-electron chi connectivity index (χ3n) is 4.68. The third kappa shape index (κ3) is 3.32. The highest BCUT2D eigenvalue weighted by Gasteiger charge is 2.28. The molecule has 3 rings (SSSR count). The predicted octanol–water partition coefficient (Wildman–Crippen LogP) is 3.63. The first-order valence-corrected chi connectivity index (χ1v) is 8.82. The number of para-hydroxylation sites is 1. The number of nitrogens with one attached hydrogen (secondary N) is 1. The highest BCUT2D eigenvalue weighted by molar-refractivity contribution is 8.00. The zero-order valence-corrected chi connectivity index (χ0v) is 13.5. The van der Waals surface area contributed by atoms with Crippen molar-refractivity contribution >= 4 is 17.4 Å². The van der Waals surface area contributed by atoms with E-state index in [2.05, 4.69) is 60.1 Å². The summed E-state index contributed by atoms with van der Waals surface area (Å²) in [6, 6.07) is 9.48. The van der Waals surface area contributed by atoms with Crippen molar-refractivity contribution in [3.8, 4) is 0 Å². The number of rotatable bonds is 1. The van der Waals surface area contributed by atoms with Gasteiger partial charge in [0.05, 0.1) is 0 Å². The molecule has 1 fully saturated rings. The maximum Gasteiger partial charge on any atom is 0.0373 e. The first-order valence-electron chi connectivity index (χ1n) is 7.84. The number of benzene rings is 1. The Morgan fingerprint density at radius 2 is 2.10 bits per heavy atom. The van der Waals surface area contributed by atoms with Crippen LogP contribution in [-0.2, 0) is 6.42 Å². The molecule has 0 aromatic heterocycles. The number of fused-ring (bicyclic) bond motifs is 1. The van der Waals surface area contributed by atoms with Gasteiger partial charge in [-0.2, -0.15) is 11.8 Å². The molecule has 0 aliphatic carbocycles. The normalized spacial score (nSPS) is 27.0. The Bertz CT molecular complexity index is 431. The number of nitrogens with zero attached hydrogens (tertiary/aromatic N) is 1. The average Bonchev–Trinajstić information content (AvgIpc) is 2.74. The van der Waals surface area contributed by atoms with Crippen LogP contribution in [0.2, 0.25) is 0 Å². The molecule has 1 aromatic carbocycles. The van der Waals surface area contributed by atoms with Gasteiger partial charge in [-0.15, -0.1) is 0 Å². The highest BCUT2D eigenvalue weighted by atomic mass is 32.2. The smallest absolute Gasteiger partial charge is 0.0373 e. The van der Waals surface area contributed by atoms with Crippen molar-refractivity contribution in [2.75, 3.05) is 30.7 Å². The quantitative estimate of drug-likeness (QED) is 0.850. The number of thioether (sulfide) groups is 1. The zero-order valence-electron chi connectivity index (χ0n) is 12.7. The molecule has 0 spiro atoms. The van der Waals surface area contributed by atoms with Crippen molar-refractivity contribution in [3.63, 3.8) is 0 Å². The molecule has 2 nitrogen and oxygen atoms in total. The van der Waals surface area contributed by atoms with Crippen LogP contribution in [0, 0.1) is 0 Å². The van der Waals surface area contributed by atoms with Gasteiger partial charge in [0.15, 0.2) is 0 Å². The summed E-state index contributed by atoms with van der Waals surface area (Å²) in [5.74, 6) is 1.27. The van der Waals surface area contributed by atoms with Gasteiger partial charge in [-0.1, -0.05) is 32.0 Å². The molecular weight excluding hydrogens is 264 g/mol. The Hall–Kier alpha value is -0.670. The van der Waals surface area contributed by atoms with E-state index in [4.69, 9.17) is 0 Å². The second kappa shape index (κ2) is 5.98. The van der Waals surface area contributed by atoms with Gasteiger partial charge in [-0.05, 0) is 37.4 Å². The molecule has 0 radical (unpaired) electrons. The molecule has 1 unspecified atom stereocenters. The molecule has 0 amide bonds. The minimum Gasteiger partial charge on any atom is -0.383 e. The van der Waals surface area contributed by atoms with E-state index in [0.717, 1.165) is 6.54 Å². The summed E-state index contributed by atoms with van der Waals surface area (Å²) in [7, 11) is 0. The summed E-state index contributed by atoms with van der Waals surface area (Å²) < 4.78 is 0.454. The molecular formula is C17H26N2S. The van der Waals surface area contributed by atoms with Gasteiger partial charge >= 0.3 is 0 Å². The van der Waals surface area contributed by atoms with Crippen molar-refractivity contribution < 1.29 is 0 Å². The molecule has 2 heterocycles. The van der Waals surface area contributed by atoms with Crippen LogP contribution < -0.4 is 5.32 Å². The van der Waals surface area contributed by atoms with Crippen molar-refractivity contribution in [2.24, 2.45) is 0 Å². The van der Waals surface area contributed by atoms with Crippen LogP contribution in [0.25, 0.3) is 0 Å². The van der Waals surface area contributed by atoms with Gasteiger partial charge in [-0.3, -0.25) is 4.90 Å². The van der Waals surface area contributed by atoms with Gasteiger partial charge in [0, 0.05) is 35.3 Å². The van der Waals surface area contributed by atoms with E-state index in [0.29, 0.717) is 10.8 Å². The van der Waals surface area contributed by atoms with Crippen LogP contribution in [0.5, 0.6) is 0 Å². The van der Waals surface area contributed by atoms with Crippen molar-refractivity contribution in [2.45, 2.75) is 43.9 Å². The van der Waals surface area contributed by atoms with E-state index >= 15 is 0 Å². The van der Waals surface area contributed by atoms with Crippen molar-refractivity contribution in [1.29, 1.82) is 0 Å². The number of hydrogen-bond donors (Lipinski definition) is 1. The number of aryl methyl sites for hydroxylation is 1. The van der Waals surface area contributed by atoms with Crippen molar-refractivity contribution in [1.82, 2.24) is 4.90 Å². The fourth-order valence-corrected chi connectivity index (χ4v) is 4.39. The zero-order chi connectivity index (χ0) is 14.0. The lowest BCUT2D eigenvalue weighted by Crippen LogP contribution is -2.41. The Labute approximate surface area is 127 Å². The summed E-state index contributed by atoms with van der Waals surface area (Å²) in [5, 5.41) is 3.67. The monoisotopic (exact) mass is 290 g/mol. The first kappa shape index (κ1) is 14.3. The number of hydrogen-bond acceptors (Lipinski definition) is 3. The largest absolute Gasteiger partial charge is 0.383 e. The van der Waals surface area contributed by atoms with Gasteiger partial charge < -0.3 is 5.32 Å². The van der Waals surface area contributed by atoms with Crippen LogP contribution in [0.4, 0.5) is 5.69 Å². The fraction of sp³-hybridized carbons (Fsp3) is 0.647. The summed E-state index contributed by atoms with van der Waals surface area (Å²) in [6.45, 7) is 8.38. The Morgan fingerprint density at radius 3 is 3.00 bits per heavy atom. The molecule has 1 N–H and O–H groups in total. The predicted molar refractivity (Wildman–Crippen MR) is 89.8 cm³/mol. The maximum atomic E-state index is 3.67. The molecule has 1 atom stereocenters. The lowest BCUT2D eigenvalue weighted by molar-refractivity contribution is 0.204. The topological polar surface area (TPSA) is 15.3 Å². The van der Waals surface area contributed by atoms with E-state index in [1.807, 2.05) is 0 Å². The second-order valence-corrected chi connectivity index (χ2v) is 8.43. The first-order chi connectivity index (χ1) is 9.64. The van der Waals surface area contributed by atoms with Crippen LogP contribution >= 0.6 is 11.8 Å². The van der Waals surface area contributed by atoms with E-state index in [9.17, 15) is 0 Å². The molecule has 110 valence electrons. The molecule has 0 saturated carbocycles. The standard InChI is InChI=1S/C17H26N2S/c1-17(2)9-10-19(11-12-20-17)15-8-7-14-5-3-4-6-16(14)18-13-15/h3-6,15,18H,7-13H2,1-2H3. The van der Waals surface area contributed by atoms with Gasteiger partial charge in [0.2, 0.25) is 0 Å². The van der Waals surface area contributed by atoms with Crippen LogP contribution in [0.3, 0.4) is 0 Å². The Morgan fingerprint density at radius 1 is 1.25 bits per heavy atom. The molecule has 2 aliphatic heterocycles. The van der Waals surface area contributed by atoms with E-state index in [-0.39, 0.29) is 0 Å². The molecule has 1 aromatic rings. The minimum absolute atomic E-state index is 0.454. The van der Waals surface area contributed by atoms with E-state index in [1.54, 1.807) is 0 Å². The van der Waals surface area contributed by atoms with Crippen LogP contribution in [-0.4, -0.2) is 41.1 Å². The van der Waals surface area contributed by atoms with Crippen LogP contribution in [0.1, 0.15) is 32.3 Å². The van der Waals surface area contributed by atoms with Crippen LogP contribution in [0.15, 0.2) is 24.3 Å². The Balaban J connectivity index is 1.65. The summed E-state index contributed by atoms with van der Waals surface area (Å²) in [5.41, 5.74) is 2.83. The lowest BCUT2D eigenvalue weighted by atomic mass is 10.0. The molecule has 2 aliphatic rings. The highest BCUT2D eigenvalue weighted by Crippen LogP contribution is 2.32. The van der Waals surface area contributed by atoms with E-state index in [1.165, 1.54) is 49.4 Å².